The molecule has 0 aromatic heterocycles. The Labute approximate surface area is 359 Å². The highest BCUT2D eigenvalue weighted by atomic mass is 16.8. The van der Waals surface area contributed by atoms with E-state index >= 15 is 4.79 Å². The van der Waals surface area contributed by atoms with Crippen LogP contribution in [0.1, 0.15) is 76.1 Å². The van der Waals surface area contributed by atoms with Gasteiger partial charge >= 0.3 is 23.9 Å². The van der Waals surface area contributed by atoms with E-state index in [-0.39, 0.29) is 32.4 Å². The predicted molar refractivity (Wildman–Crippen MR) is 219 cm³/mol. The fourth-order valence-electron chi connectivity index (χ4n) is 9.16. The lowest BCUT2D eigenvalue weighted by molar-refractivity contribution is -0.213. The van der Waals surface area contributed by atoms with E-state index in [9.17, 15) is 24.3 Å². The second kappa shape index (κ2) is 16.7. The largest absolute Gasteiger partial charge is 0.462 e. The van der Waals surface area contributed by atoms with E-state index in [0.717, 1.165) is 0 Å². The Hall–Kier alpha value is -5.45. The highest BCUT2D eigenvalue weighted by Crippen LogP contribution is 2.59. The third-order valence-electron chi connectivity index (χ3n) is 12.1. The average Bonchev–Trinajstić information content (AvgIpc) is 3.90. The number of hydroxylamine groups is 2. The third-order valence-corrected chi connectivity index (χ3v) is 12.1. The van der Waals surface area contributed by atoms with Crippen molar-refractivity contribution in [3.63, 3.8) is 0 Å². The molecule has 0 spiro atoms. The summed E-state index contributed by atoms with van der Waals surface area (Å²) in [6.45, 7) is 8.40. The van der Waals surface area contributed by atoms with E-state index in [1.54, 1.807) is 65.0 Å². The topological polar surface area (TPSA) is 185 Å². The number of amides is 1. The van der Waals surface area contributed by atoms with Crippen LogP contribution >= 0.6 is 0 Å². The summed E-state index contributed by atoms with van der Waals surface area (Å²) in [7, 11) is 0. The number of rotatable bonds is 13. The van der Waals surface area contributed by atoms with E-state index in [4.69, 9.17) is 33.3 Å². The maximum Gasteiger partial charge on any atom is 0.348 e. The molecule has 2 N–H and O–H groups in total. The molecule has 1 aliphatic carbocycles. The molecule has 5 aliphatic rings. The van der Waals surface area contributed by atoms with Crippen molar-refractivity contribution in [3.8, 4) is 0 Å². The summed E-state index contributed by atoms with van der Waals surface area (Å²) in [6, 6.07) is 23.7. The molecule has 8 atom stereocenters. The molecule has 1 amide bonds. The Morgan fingerprint density at radius 3 is 2.19 bits per heavy atom. The first-order valence-electron chi connectivity index (χ1n) is 20.9. The van der Waals surface area contributed by atoms with Crippen LogP contribution in [0.25, 0.3) is 6.08 Å². The average molecular weight is 853 g/mol. The molecular weight excluding hydrogens is 801 g/mol. The highest BCUT2D eigenvalue weighted by molar-refractivity contribution is 5.94. The van der Waals surface area contributed by atoms with Gasteiger partial charge in [0.1, 0.15) is 42.0 Å². The van der Waals surface area contributed by atoms with Gasteiger partial charge in [0.25, 0.3) is 0 Å². The lowest BCUT2D eigenvalue weighted by Crippen LogP contribution is -2.70. The molecular formula is C47H52N2O13. The molecule has 4 saturated heterocycles. The second-order valence-corrected chi connectivity index (χ2v) is 18.2. The van der Waals surface area contributed by atoms with Crippen LogP contribution in [0.5, 0.6) is 0 Å². The quantitative estimate of drug-likeness (QED) is 0.141. The van der Waals surface area contributed by atoms with Crippen LogP contribution in [0.3, 0.4) is 0 Å². The second-order valence-electron chi connectivity index (χ2n) is 18.2. The van der Waals surface area contributed by atoms with Gasteiger partial charge in [0.15, 0.2) is 6.04 Å². The third kappa shape index (κ3) is 8.03. The van der Waals surface area contributed by atoms with Crippen LogP contribution in [0.2, 0.25) is 0 Å². The SMILES string of the molecule is CC(C)(C)OC(=O)CCC(CO)NC(=O)C12CC3OC(=O)C1N(Cc1ccccc1C=CC(=O)OC1C(=O)OCC1(C)C)OC2C1OC(c2ccccc2)(c2ccccc2)OC31. The fraction of sp³-hybridized carbons (Fsp3) is 0.468. The van der Waals surface area contributed by atoms with Crippen molar-refractivity contribution in [2.24, 2.45) is 10.8 Å². The zero-order valence-electron chi connectivity index (χ0n) is 35.3. The van der Waals surface area contributed by atoms with Crippen LogP contribution < -0.4 is 5.32 Å². The Balaban J connectivity index is 1.13. The number of hydrogen-bond acceptors (Lipinski definition) is 14. The Morgan fingerprint density at radius 1 is 0.919 bits per heavy atom. The summed E-state index contributed by atoms with van der Waals surface area (Å²) in [6.07, 6.45) is -2.16. The first kappa shape index (κ1) is 43.2. The maximum atomic E-state index is 15.1. The first-order valence-corrected chi connectivity index (χ1v) is 20.9. The molecule has 8 unspecified atom stereocenters. The molecule has 328 valence electrons. The summed E-state index contributed by atoms with van der Waals surface area (Å²) in [5.41, 5.74) is -0.474. The molecule has 15 heteroatoms. The van der Waals surface area contributed by atoms with Gasteiger partial charge in [0, 0.05) is 35.5 Å². The minimum absolute atomic E-state index is 0.00184. The molecule has 3 aromatic carbocycles. The fourth-order valence-corrected chi connectivity index (χ4v) is 9.16. The smallest absolute Gasteiger partial charge is 0.348 e. The Bertz CT molecular complexity index is 2180. The number of carbonyl (C=O) groups is 5. The van der Waals surface area contributed by atoms with E-state index in [1.807, 2.05) is 60.7 Å². The lowest BCUT2D eigenvalue weighted by Gasteiger charge is -2.49. The van der Waals surface area contributed by atoms with Crippen molar-refractivity contribution in [2.45, 2.75) is 114 Å². The normalized spacial score (nSPS) is 28.7. The number of hydrogen-bond donors (Lipinski definition) is 2. The Kier molecular flexibility index (Phi) is 11.6. The van der Waals surface area contributed by atoms with E-state index < -0.39 is 101 Å². The molecule has 5 fully saturated rings. The monoisotopic (exact) mass is 852 g/mol. The zero-order valence-corrected chi connectivity index (χ0v) is 35.3. The van der Waals surface area contributed by atoms with Crippen molar-refractivity contribution < 1.29 is 62.3 Å². The van der Waals surface area contributed by atoms with Gasteiger partial charge in [-0.1, -0.05) is 98.8 Å². The number of ether oxygens (including phenoxy) is 6. The molecule has 15 nitrogen and oxygen atoms in total. The van der Waals surface area contributed by atoms with E-state index in [2.05, 4.69) is 5.32 Å². The van der Waals surface area contributed by atoms with Gasteiger partial charge < -0.3 is 38.8 Å². The molecule has 3 aromatic rings. The van der Waals surface area contributed by atoms with Crippen molar-refractivity contribution in [2.75, 3.05) is 13.2 Å². The predicted octanol–water partition coefficient (Wildman–Crippen LogP) is 4.28. The van der Waals surface area contributed by atoms with Gasteiger partial charge in [-0.25, -0.2) is 9.59 Å². The van der Waals surface area contributed by atoms with Crippen LogP contribution in [-0.2, 0) is 69.6 Å². The maximum absolute atomic E-state index is 15.1. The van der Waals surface area contributed by atoms with Gasteiger partial charge in [0.05, 0.1) is 19.2 Å². The number of carbonyl (C=O) groups excluding carboxylic acids is 5. The number of fused-ring (bicyclic) bond motifs is 4. The summed E-state index contributed by atoms with van der Waals surface area (Å²) in [5.74, 6) is -4.60. The molecule has 4 heterocycles. The molecule has 1 saturated carbocycles. The van der Waals surface area contributed by atoms with Gasteiger partial charge in [-0.15, -0.1) is 0 Å². The molecule has 2 bridgehead atoms. The minimum atomic E-state index is -1.62. The first-order chi connectivity index (χ1) is 29.5. The van der Waals surface area contributed by atoms with Gasteiger partial charge in [-0.05, 0) is 44.4 Å². The van der Waals surface area contributed by atoms with Crippen LogP contribution in [0.15, 0.2) is 91.0 Å². The van der Waals surface area contributed by atoms with Crippen LogP contribution in [-0.4, -0.2) is 101 Å². The minimum Gasteiger partial charge on any atom is -0.462 e. The van der Waals surface area contributed by atoms with Crippen molar-refractivity contribution in [1.82, 2.24) is 10.4 Å². The van der Waals surface area contributed by atoms with Crippen molar-refractivity contribution >= 4 is 35.9 Å². The number of esters is 4. The number of nitrogens with zero attached hydrogens (tertiary/aromatic N) is 1. The number of nitrogens with one attached hydrogen (secondary N) is 1. The molecule has 4 aliphatic heterocycles. The zero-order chi connectivity index (χ0) is 44.0. The number of benzene rings is 3. The highest BCUT2D eigenvalue weighted by Gasteiger charge is 2.76. The molecule has 8 rings (SSSR count). The Morgan fingerprint density at radius 2 is 1.56 bits per heavy atom. The summed E-state index contributed by atoms with van der Waals surface area (Å²) in [4.78, 5) is 74.3. The van der Waals surface area contributed by atoms with Crippen LogP contribution in [0.4, 0.5) is 0 Å². The van der Waals surface area contributed by atoms with E-state index in [0.29, 0.717) is 22.3 Å². The lowest BCUT2D eigenvalue weighted by atomic mass is 9.62. The number of aliphatic hydroxyl groups is 1. The van der Waals surface area contributed by atoms with Gasteiger partial charge in [-0.3, -0.25) is 19.2 Å². The summed E-state index contributed by atoms with van der Waals surface area (Å²) in [5, 5.41) is 14.9. The number of aliphatic hydroxyl groups excluding tert-OH is 1. The summed E-state index contributed by atoms with van der Waals surface area (Å²) >= 11 is 0. The van der Waals surface area contributed by atoms with Crippen molar-refractivity contribution in [3.05, 3.63) is 113 Å². The molecule has 0 radical (unpaired) electrons. The number of cyclic esters (lactones) is 1. The van der Waals surface area contributed by atoms with E-state index in [1.165, 1.54) is 11.1 Å². The summed E-state index contributed by atoms with van der Waals surface area (Å²) < 4.78 is 36.3. The molecule has 62 heavy (non-hydrogen) atoms. The standard InChI is InChI=1S/C47H52N2O13/c1-44(2,3)59-35(52)23-21-32(26-50)48-43(55)46-24-33-36-37(61-47(60-36,30-16-8-6-9-17-30)31-18-10-7-11-19-31)39(46)62-49(38(46)41(53)57-33)25-29-15-13-12-14-28(29)20-22-34(51)58-40-42(54)56-27-45(40,4)5/h6-20,22,32-33,36-40,50H,21,23-27H2,1-5H3,(H,48,55). The van der Waals surface area contributed by atoms with Crippen LogP contribution in [0, 0.1) is 10.8 Å². The van der Waals surface area contributed by atoms with Gasteiger partial charge in [-0.2, -0.15) is 5.06 Å². The van der Waals surface area contributed by atoms with Crippen molar-refractivity contribution in [1.29, 1.82) is 0 Å². The van der Waals surface area contributed by atoms with Gasteiger partial charge in [0.2, 0.25) is 17.8 Å².